The third-order valence-corrected chi connectivity index (χ3v) is 3.15. The van der Waals surface area contributed by atoms with Crippen LogP contribution in [0.4, 0.5) is 11.4 Å². The molecule has 20 heavy (non-hydrogen) atoms. The van der Waals surface area contributed by atoms with Gasteiger partial charge in [0.2, 0.25) is 12.2 Å². The van der Waals surface area contributed by atoms with Crippen LogP contribution in [0.3, 0.4) is 0 Å². The predicted molar refractivity (Wildman–Crippen MR) is 77.0 cm³/mol. The molecule has 0 amide bonds. The third-order valence-electron chi connectivity index (χ3n) is 3.15. The van der Waals surface area contributed by atoms with Crippen LogP contribution in [0.1, 0.15) is 0 Å². The molecule has 0 fully saturated rings. The van der Waals surface area contributed by atoms with Crippen LogP contribution in [-0.2, 0) is 9.59 Å². The molecule has 0 unspecified atom stereocenters. The molecule has 0 radical (unpaired) electrons. The standard InChI is InChI=1S/C16H8N2O2/c19-9-17-13-3-5-15-11(7-13)1-2-12-8-14(18-10-20)4-6-16(12)15/h1-8H. The molecular weight excluding hydrogens is 252 g/mol. The van der Waals surface area contributed by atoms with Crippen LogP contribution in [0.15, 0.2) is 58.5 Å². The minimum absolute atomic E-state index is 0.578. The number of nitrogens with zero attached hydrogens (tertiary/aromatic N) is 2. The number of carbonyl (C=O) groups excluding carboxylic acids is 2. The summed E-state index contributed by atoms with van der Waals surface area (Å²) in [4.78, 5) is 27.8. The van der Waals surface area contributed by atoms with Gasteiger partial charge in [0.1, 0.15) is 0 Å². The Morgan fingerprint density at radius 2 is 1.10 bits per heavy atom. The molecule has 0 aliphatic carbocycles. The topological polar surface area (TPSA) is 58.9 Å². The van der Waals surface area contributed by atoms with E-state index in [0.717, 1.165) is 21.5 Å². The highest BCUT2D eigenvalue weighted by Gasteiger charge is 2.02. The highest BCUT2D eigenvalue weighted by molar-refractivity contribution is 6.08. The van der Waals surface area contributed by atoms with Gasteiger partial charge in [0.25, 0.3) is 0 Å². The molecule has 0 aliphatic rings. The molecule has 0 bridgehead atoms. The van der Waals surface area contributed by atoms with Crippen molar-refractivity contribution in [2.24, 2.45) is 9.98 Å². The Morgan fingerprint density at radius 3 is 1.50 bits per heavy atom. The van der Waals surface area contributed by atoms with Crippen LogP contribution < -0.4 is 0 Å². The van der Waals surface area contributed by atoms with Crippen LogP contribution >= 0.6 is 0 Å². The Balaban J connectivity index is 2.30. The number of isocyanates is 2. The molecule has 3 aromatic rings. The number of rotatable bonds is 2. The SMILES string of the molecule is O=C=Nc1ccc2c(ccc3cc(N=C=O)ccc32)c1. The van der Waals surface area contributed by atoms with Crippen LogP contribution in [0.5, 0.6) is 0 Å². The van der Waals surface area contributed by atoms with Crippen molar-refractivity contribution >= 4 is 45.1 Å². The van der Waals surface area contributed by atoms with E-state index in [1.54, 1.807) is 12.1 Å². The molecule has 0 spiro atoms. The average molecular weight is 260 g/mol. The minimum Gasteiger partial charge on any atom is -0.211 e. The van der Waals surface area contributed by atoms with Crippen molar-refractivity contribution in [3.63, 3.8) is 0 Å². The van der Waals surface area contributed by atoms with E-state index < -0.39 is 0 Å². The zero-order chi connectivity index (χ0) is 13.9. The molecule has 3 aromatic carbocycles. The van der Waals surface area contributed by atoms with Gasteiger partial charge in [0, 0.05) is 0 Å². The van der Waals surface area contributed by atoms with Crippen LogP contribution in [0, 0.1) is 0 Å². The lowest BCUT2D eigenvalue weighted by atomic mass is 10.0. The molecule has 94 valence electrons. The Morgan fingerprint density at radius 1 is 0.650 bits per heavy atom. The van der Waals surface area contributed by atoms with E-state index in [4.69, 9.17) is 0 Å². The number of benzene rings is 3. The first-order valence-electron chi connectivity index (χ1n) is 5.94. The maximum atomic E-state index is 10.3. The van der Waals surface area contributed by atoms with E-state index in [2.05, 4.69) is 9.98 Å². The lowest BCUT2D eigenvalue weighted by Gasteiger charge is -2.05. The van der Waals surface area contributed by atoms with Gasteiger partial charge in [-0.2, -0.15) is 9.98 Å². The van der Waals surface area contributed by atoms with Crippen molar-refractivity contribution in [1.29, 1.82) is 0 Å². The molecule has 0 saturated heterocycles. The van der Waals surface area contributed by atoms with Gasteiger partial charge in [-0.25, -0.2) is 9.59 Å². The quantitative estimate of drug-likeness (QED) is 0.398. The third kappa shape index (κ3) is 2.02. The molecule has 0 heterocycles. The maximum Gasteiger partial charge on any atom is 0.240 e. The normalized spacial score (nSPS) is 10.0. The summed E-state index contributed by atoms with van der Waals surface area (Å²) >= 11 is 0. The van der Waals surface area contributed by atoms with E-state index in [1.807, 2.05) is 36.4 Å². The van der Waals surface area contributed by atoms with E-state index >= 15 is 0 Å². The number of hydrogen-bond donors (Lipinski definition) is 0. The van der Waals surface area contributed by atoms with Crippen molar-refractivity contribution in [1.82, 2.24) is 0 Å². The first-order chi connectivity index (χ1) is 9.81. The van der Waals surface area contributed by atoms with Crippen LogP contribution in [0.25, 0.3) is 21.5 Å². The highest BCUT2D eigenvalue weighted by Crippen LogP contribution is 2.30. The molecule has 4 nitrogen and oxygen atoms in total. The summed E-state index contributed by atoms with van der Waals surface area (Å²) < 4.78 is 0. The fourth-order valence-electron chi connectivity index (χ4n) is 2.29. The fourth-order valence-corrected chi connectivity index (χ4v) is 2.29. The van der Waals surface area contributed by atoms with E-state index in [-0.39, 0.29) is 0 Å². The van der Waals surface area contributed by atoms with Crippen molar-refractivity contribution in [2.75, 3.05) is 0 Å². The van der Waals surface area contributed by atoms with Gasteiger partial charge in [0.15, 0.2) is 0 Å². The van der Waals surface area contributed by atoms with Gasteiger partial charge in [-0.1, -0.05) is 24.3 Å². The van der Waals surface area contributed by atoms with Gasteiger partial charge in [-0.15, -0.1) is 0 Å². The Hall–Kier alpha value is -3.06. The van der Waals surface area contributed by atoms with Crippen LogP contribution in [0.2, 0.25) is 0 Å². The Bertz CT molecular complexity index is 842. The van der Waals surface area contributed by atoms with Gasteiger partial charge in [0.05, 0.1) is 11.4 Å². The molecule has 4 heteroatoms. The monoisotopic (exact) mass is 260 g/mol. The summed E-state index contributed by atoms with van der Waals surface area (Å²) in [5, 5.41) is 4.07. The summed E-state index contributed by atoms with van der Waals surface area (Å²) in [5.74, 6) is 0. The summed E-state index contributed by atoms with van der Waals surface area (Å²) in [6, 6.07) is 14.9. The minimum atomic E-state index is 0.578. The van der Waals surface area contributed by atoms with E-state index in [1.165, 1.54) is 12.2 Å². The van der Waals surface area contributed by atoms with Crippen molar-refractivity contribution in [2.45, 2.75) is 0 Å². The summed E-state index contributed by atoms with van der Waals surface area (Å²) in [6.45, 7) is 0. The zero-order valence-electron chi connectivity index (χ0n) is 10.3. The van der Waals surface area contributed by atoms with Gasteiger partial charge < -0.3 is 0 Å². The maximum absolute atomic E-state index is 10.3. The molecule has 0 aliphatic heterocycles. The first-order valence-corrected chi connectivity index (χ1v) is 5.94. The second kappa shape index (κ2) is 4.90. The second-order valence-corrected chi connectivity index (χ2v) is 4.28. The Kier molecular flexibility index (Phi) is 2.94. The molecule has 0 saturated carbocycles. The van der Waals surface area contributed by atoms with Crippen LogP contribution in [-0.4, -0.2) is 12.2 Å². The fraction of sp³-hybridized carbons (Fsp3) is 0. The molecule has 0 aromatic heterocycles. The molecule has 0 N–H and O–H groups in total. The van der Waals surface area contributed by atoms with Crippen molar-refractivity contribution < 1.29 is 9.59 Å². The first kappa shape index (κ1) is 12.0. The van der Waals surface area contributed by atoms with Gasteiger partial charge in [-0.3, -0.25) is 0 Å². The lowest BCUT2D eigenvalue weighted by Crippen LogP contribution is -1.78. The summed E-state index contributed by atoms with van der Waals surface area (Å²) in [5.41, 5.74) is 1.16. The van der Waals surface area contributed by atoms with Gasteiger partial charge >= 0.3 is 0 Å². The molecule has 3 rings (SSSR count). The van der Waals surface area contributed by atoms with Gasteiger partial charge in [-0.05, 0) is 45.8 Å². The van der Waals surface area contributed by atoms with E-state index in [0.29, 0.717) is 11.4 Å². The average Bonchev–Trinajstić information content (AvgIpc) is 2.47. The Labute approximate surface area is 114 Å². The number of fused-ring (bicyclic) bond motifs is 3. The smallest absolute Gasteiger partial charge is 0.211 e. The summed E-state index contributed by atoms with van der Waals surface area (Å²) in [6.07, 6.45) is 3.07. The van der Waals surface area contributed by atoms with Crippen molar-refractivity contribution in [3.8, 4) is 0 Å². The second-order valence-electron chi connectivity index (χ2n) is 4.28. The lowest BCUT2D eigenvalue weighted by molar-refractivity contribution is 0.564. The summed E-state index contributed by atoms with van der Waals surface area (Å²) in [7, 11) is 0. The number of aliphatic imine (C=N–C) groups is 2. The molecular formula is C16H8N2O2. The zero-order valence-corrected chi connectivity index (χ0v) is 10.3. The highest BCUT2D eigenvalue weighted by atomic mass is 16.1. The number of hydrogen-bond acceptors (Lipinski definition) is 4. The molecule has 0 atom stereocenters. The largest absolute Gasteiger partial charge is 0.240 e. The van der Waals surface area contributed by atoms with E-state index in [9.17, 15) is 9.59 Å². The predicted octanol–water partition coefficient (Wildman–Crippen LogP) is 3.93. The van der Waals surface area contributed by atoms with Crippen molar-refractivity contribution in [3.05, 3.63) is 48.5 Å².